The van der Waals surface area contributed by atoms with E-state index >= 15 is 0 Å². The van der Waals surface area contributed by atoms with E-state index in [1.165, 1.54) is 12.0 Å². The first-order valence-electron chi connectivity index (χ1n) is 7.99. The number of oxazole rings is 1. The Morgan fingerprint density at radius 1 is 1.12 bits per heavy atom. The number of nitrogens with zero attached hydrogens (tertiary/aromatic N) is 1. The van der Waals surface area contributed by atoms with Gasteiger partial charge in [0, 0.05) is 11.1 Å². The van der Waals surface area contributed by atoms with Crippen LogP contribution in [0.1, 0.15) is 18.9 Å². The lowest BCUT2D eigenvalue weighted by Crippen LogP contribution is -2.10. The molecule has 5 heteroatoms. The molecule has 4 nitrogen and oxygen atoms in total. The van der Waals surface area contributed by atoms with Gasteiger partial charge >= 0.3 is 5.97 Å². The molecule has 1 atom stereocenters. The zero-order chi connectivity index (χ0) is 18.2. The van der Waals surface area contributed by atoms with Gasteiger partial charge in [-0.1, -0.05) is 67.1 Å². The van der Waals surface area contributed by atoms with Crippen LogP contribution in [-0.4, -0.2) is 21.3 Å². The maximum Gasteiger partial charge on any atom is 0.316 e. The van der Waals surface area contributed by atoms with Gasteiger partial charge in [0.1, 0.15) is 5.69 Å². The predicted molar refractivity (Wildman–Crippen MR) is 103 cm³/mol. The van der Waals surface area contributed by atoms with Gasteiger partial charge in [-0.25, -0.2) is 4.98 Å². The van der Waals surface area contributed by atoms with Crippen molar-refractivity contribution in [3.05, 3.63) is 66.6 Å². The summed E-state index contributed by atoms with van der Waals surface area (Å²) in [4.78, 5) is 14.2. The second-order valence-corrected chi connectivity index (χ2v) is 6.15. The molecule has 2 aromatic carbocycles. The number of aliphatic carboxylic acids is 1. The van der Waals surface area contributed by atoms with Crippen LogP contribution in [0.2, 0.25) is 0 Å². The van der Waals surface area contributed by atoms with Gasteiger partial charge in [0.25, 0.3) is 0 Å². The monoisotopic (exact) mass is 355 g/mol. The molecule has 0 bridgehead atoms. The molecular formula is C20H21NO3S. The molecule has 1 heterocycles. The summed E-state index contributed by atoms with van der Waals surface area (Å²) >= 11 is 3.73. The van der Waals surface area contributed by atoms with E-state index in [-0.39, 0.29) is 0 Å². The Morgan fingerprint density at radius 3 is 2.28 bits per heavy atom. The van der Waals surface area contributed by atoms with E-state index in [2.05, 4.69) is 48.8 Å². The minimum Gasteiger partial charge on any atom is -0.480 e. The van der Waals surface area contributed by atoms with Crippen LogP contribution in [0.4, 0.5) is 0 Å². The Hall–Kier alpha value is -2.53. The van der Waals surface area contributed by atoms with Crippen LogP contribution in [0, 0.1) is 6.92 Å². The SMILES string of the molecule is CCC(S)C(=O)O.Cc1ccc(-c2ncoc2-c2ccccc2)cc1. The van der Waals surface area contributed by atoms with Gasteiger partial charge in [-0.15, -0.1) is 0 Å². The molecule has 1 unspecified atom stereocenters. The molecule has 0 radical (unpaired) electrons. The Kier molecular flexibility index (Phi) is 6.83. The van der Waals surface area contributed by atoms with Crippen molar-refractivity contribution in [3.8, 4) is 22.6 Å². The van der Waals surface area contributed by atoms with Crippen molar-refractivity contribution in [1.82, 2.24) is 4.98 Å². The summed E-state index contributed by atoms with van der Waals surface area (Å²) in [6.07, 6.45) is 2.08. The second kappa shape index (κ2) is 9.08. The summed E-state index contributed by atoms with van der Waals surface area (Å²) < 4.78 is 5.52. The van der Waals surface area contributed by atoms with E-state index in [0.29, 0.717) is 6.42 Å². The van der Waals surface area contributed by atoms with Crippen molar-refractivity contribution >= 4 is 18.6 Å². The molecule has 0 saturated heterocycles. The number of hydrogen-bond donors (Lipinski definition) is 2. The van der Waals surface area contributed by atoms with Crippen LogP contribution >= 0.6 is 12.6 Å². The molecule has 25 heavy (non-hydrogen) atoms. The number of hydrogen-bond acceptors (Lipinski definition) is 4. The van der Waals surface area contributed by atoms with Gasteiger partial charge in [-0.05, 0) is 13.3 Å². The molecule has 1 aromatic heterocycles. The van der Waals surface area contributed by atoms with Gasteiger partial charge in [-0.3, -0.25) is 4.79 Å². The van der Waals surface area contributed by atoms with Crippen LogP contribution in [0.25, 0.3) is 22.6 Å². The zero-order valence-electron chi connectivity index (χ0n) is 14.2. The highest BCUT2D eigenvalue weighted by Gasteiger charge is 2.12. The van der Waals surface area contributed by atoms with Crippen LogP contribution in [0.3, 0.4) is 0 Å². The van der Waals surface area contributed by atoms with Crippen molar-refractivity contribution in [3.63, 3.8) is 0 Å². The normalized spacial score (nSPS) is 11.3. The maximum atomic E-state index is 9.85. The van der Waals surface area contributed by atoms with Crippen molar-refractivity contribution in [2.24, 2.45) is 0 Å². The van der Waals surface area contributed by atoms with Crippen LogP contribution in [0.5, 0.6) is 0 Å². The first-order chi connectivity index (χ1) is 12.0. The summed E-state index contributed by atoms with van der Waals surface area (Å²) in [6.45, 7) is 3.86. The largest absolute Gasteiger partial charge is 0.480 e. The van der Waals surface area contributed by atoms with Crippen molar-refractivity contribution in [1.29, 1.82) is 0 Å². The van der Waals surface area contributed by atoms with Crippen LogP contribution in [0.15, 0.2) is 65.4 Å². The van der Waals surface area contributed by atoms with Crippen molar-refractivity contribution in [2.75, 3.05) is 0 Å². The lowest BCUT2D eigenvalue weighted by atomic mass is 10.0. The lowest BCUT2D eigenvalue weighted by molar-refractivity contribution is -0.136. The molecule has 3 rings (SSSR count). The van der Waals surface area contributed by atoms with Crippen LogP contribution < -0.4 is 0 Å². The topological polar surface area (TPSA) is 63.3 Å². The highest BCUT2D eigenvalue weighted by molar-refractivity contribution is 7.81. The standard InChI is InChI=1S/C16H13NO.C4H8O2S/c1-12-7-9-13(10-8-12)15-16(18-11-17-15)14-5-3-2-4-6-14;1-2-3(7)4(5)6/h2-11H,1H3;3,7H,2H2,1H3,(H,5,6). The number of aryl methyl sites for hydroxylation is 1. The van der Waals surface area contributed by atoms with Gasteiger partial charge < -0.3 is 9.52 Å². The lowest BCUT2D eigenvalue weighted by Gasteiger charge is -2.02. The van der Waals surface area contributed by atoms with Crippen molar-refractivity contribution in [2.45, 2.75) is 25.5 Å². The average Bonchev–Trinajstić information content (AvgIpc) is 3.12. The minimum atomic E-state index is -0.842. The Labute approximate surface area is 153 Å². The molecule has 3 aromatic rings. The van der Waals surface area contributed by atoms with E-state index in [4.69, 9.17) is 9.52 Å². The van der Waals surface area contributed by atoms with E-state index in [9.17, 15) is 4.79 Å². The predicted octanol–water partition coefficient (Wildman–Crippen LogP) is 5.10. The fourth-order valence-electron chi connectivity index (χ4n) is 2.13. The highest BCUT2D eigenvalue weighted by Crippen LogP contribution is 2.30. The first-order valence-corrected chi connectivity index (χ1v) is 8.51. The maximum absolute atomic E-state index is 9.85. The molecule has 0 aliphatic rings. The Bertz CT molecular complexity index is 797. The van der Waals surface area contributed by atoms with Crippen LogP contribution in [-0.2, 0) is 4.79 Å². The van der Waals surface area contributed by atoms with Crippen molar-refractivity contribution < 1.29 is 14.3 Å². The summed E-state index contributed by atoms with van der Waals surface area (Å²) in [6, 6.07) is 18.3. The first kappa shape index (κ1) is 18.8. The molecule has 0 saturated carbocycles. The average molecular weight is 355 g/mol. The van der Waals surface area contributed by atoms with E-state index in [0.717, 1.165) is 22.6 Å². The van der Waals surface area contributed by atoms with E-state index in [1.807, 2.05) is 30.3 Å². The summed E-state index contributed by atoms with van der Waals surface area (Å²) in [5.41, 5.74) is 4.25. The number of benzene rings is 2. The summed E-state index contributed by atoms with van der Waals surface area (Å²) in [5.74, 6) is -0.0229. The third kappa shape index (κ3) is 5.22. The fraction of sp³-hybridized carbons (Fsp3) is 0.200. The number of rotatable bonds is 4. The molecule has 0 aliphatic heterocycles. The highest BCUT2D eigenvalue weighted by atomic mass is 32.1. The molecule has 0 fully saturated rings. The number of carboxylic acid groups (broad SMARTS) is 1. The molecule has 1 N–H and O–H groups in total. The number of aromatic nitrogens is 1. The summed E-state index contributed by atoms with van der Waals surface area (Å²) in [5, 5.41) is 7.62. The number of carboxylic acids is 1. The number of carbonyl (C=O) groups is 1. The smallest absolute Gasteiger partial charge is 0.316 e. The molecule has 0 amide bonds. The molecule has 0 spiro atoms. The Balaban J connectivity index is 0.000000277. The molecular weight excluding hydrogens is 334 g/mol. The quantitative estimate of drug-likeness (QED) is 0.639. The fourth-order valence-corrected chi connectivity index (χ4v) is 2.13. The minimum absolute atomic E-state index is 0.486. The van der Waals surface area contributed by atoms with E-state index in [1.54, 1.807) is 6.92 Å². The van der Waals surface area contributed by atoms with Gasteiger partial charge in [-0.2, -0.15) is 12.6 Å². The number of thiol groups is 1. The molecule has 130 valence electrons. The third-order valence-corrected chi connectivity index (χ3v) is 4.19. The summed E-state index contributed by atoms with van der Waals surface area (Å²) in [7, 11) is 0. The van der Waals surface area contributed by atoms with Gasteiger partial charge in [0.15, 0.2) is 12.2 Å². The van der Waals surface area contributed by atoms with Gasteiger partial charge in [0.2, 0.25) is 0 Å². The zero-order valence-corrected chi connectivity index (χ0v) is 15.1. The van der Waals surface area contributed by atoms with E-state index < -0.39 is 11.2 Å². The Morgan fingerprint density at radius 2 is 1.76 bits per heavy atom. The molecule has 0 aliphatic carbocycles. The second-order valence-electron chi connectivity index (χ2n) is 5.52. The third-order valence-electron chi connectivity index (χ3n) is 3.60. The van der Waals surface area contributed by atoms with Gasteiger partial charge in [0.05, 0.1) is 5.25 Å².